The third-order valence-electron chi connectivity index (χ3n) is 15.4. The van der Waals surface area contributed by atoms with E-state index in [9.17, 15) is 20.4 Å². The average molecular weight is 993 g/mol. The molecular formula is C60H96N8O4. The lowest BCUT2D eigenvalue weighted by atomic mass is 9.90. The van der Waals surface area contributed by atoms with Crippen LogP contribution in [0.15, 0.2) is 73.3 Å². The summed E-state index contributed by atoms with van der Waals surface area (Å²) in [5.74, 6) is 1.86. The van der Waals surface area contributed by atoms with Crippen LogP contribution in [0.4, 0.5) is 17.1 Å². The quantitative estimate of drug-likeness (QED) is 0.127. The van der Waals surface area contributed by atoms with Gasteiger partial charge in [-0.3, -0.25) is 24.8 Å². The smallest absolute Gasteiger partial charge is 0.0794 e. The van der Waals surface area contributed by atoms with Crippen LogP contribution in [0.25, 0.3) is 0 Å². The molecular weight excluding hydrogens is 897 g/mol. The van der Waals surface area contributed by atoms with Crippen molar-refractivity contribution in [3.8, 4) is 0 Å². The maximum atomic E-state index is 10.2. The molecule has 12 nitrogen and oxygen atoms in total. The van der Waals surface area contributed by atoms with Crippen LogP contribution < -0.4 is 14.7 Å². The SMILES string of the molecule is CC(C)c1ccc(C(C)N2CCC(O)CC2)cn1.CC(C)c1ccc(N2CC(C)(O)CCC2C)cn1.CC(C)c1ccc(N2C[C@@](C)(O)CC[C@@H]2C)cn1.CC(C)c1ccc(N2C[C@@](C)(O)CC[C@H]2C)cn1. The van der Waals surface area contributed by atoms with Gasteiger partial charge >= 0.3 is 0 Å². The fourth-order valence-electron chi connectivity index (χ4n) is 10.1. The predicted octanol–water partition coefficient (Wildman–Crippen LogP) is 11.6. The normalized spacial score (nSPS) is 26.7. The van der Waals surface area contributed by atoms with Crippen LogP contribution in [0.3, 0.4) is 0 Å². The largest absolute Gasteiger partial charge is 0.393 e. The summed E-state index contributed by atoms with van der Waals surface area (Å²) in [5, 5.41) is 40.2. The summed E-state index contributed by atoms with van der Waals surface area (Å²) in [6.45, 7) is 35.9. The van der Waals surface area contributed by atoms with Crippen molar-refractivity contribution in [3.05, 3.63) is 102 Å². The zero-order valence-corrected chi connectivity index (χ0v) is 47.2. The maximum Gasteiger partial charge on any atom is 0.0794 e. The van der Waals surface area contributed by atoms with Crippen molar-refractivity contribution in [3.63, 3.8) is 0 Å². The standard InChI is InChI=1S/4C15H24N2O/c3*1-11(2)14-6-5-13(9-16-14)17-10-15(4,18)8-7-12(17)3;1-11(2)15-5-4-13(10-16-15)12(3)17-8-6-14(18)7-9-17/h3*5-6,9,11-12,18H,7-8,10H2,1-4H3;4-5,10-12,14,18H,6-9H2,1-3H3/t12-,15+;12-,15-;;/m10../s1. The number of pyridine rings is 4. The van der Waals surface area contributed by atoms with Gasteiger partial charge in [-0.2, -0.15) is 0 Å². The van der Waals surface area contributed by atoms with E-state index in [1.165, 1.54) is 5.56 Å². The molecule has 0 bridgehead atoms. The lowest BCUT2D eigenvalue weighted by molar-refractivity contribution is 0.0373. The van der Waals surface area contributed by atoms with Gasteiger partial charge in [-0.15, -0.1) is 0 Å². The Morgan fingerprint density at radius 2 is 0.736 bits per heavy atom. The van der Waals surface area contributed by atoms with Crippen molar-refractivity contribution in [1.29, 1.82) is 0 Å². The van der Waals surface area contributed by atoms with E-state index in [2.05, 4.69) is 171 Å². The third-order valence-corrected chi connectivity index (χ3v) is 15.4. The van der Waals surface area contributed by atoms with Gasteiger partial charge in [0.1, 0.15) is 0 Å². The number of nitrogens with zero attached hydrogens (tertiary/aromatic N) is 8. The number of aliphatic hydroxyl groups excluding tert-OH is 1. The van der Waals surface area contributed by atoms with E-state index in [0.717, 1.165) is 104 Å². The molecule has 3 unspecified atom stereocenters. The second-order valence-electron chi connectivity index (χ2n) is 23.9. The molecule has 0 saturated carbocycles. The first-order chi connectivity index (χ1) is 33.7. The maximum absolute atomic E-state index is 10.2. The minimum absolute atomic E-state index is 0.102. The second kappa shape index (κ2) is 25.8. The molecule has 7 atom stereocenters. The Balaban J connectivity index is 0.000000178. The number of hydrogen-bond acceptors (Lipinski definition) is 12. The molecule has 4 aromatic heterocycles. The fourth-order valence-corrected chi connectivity index (χ4v) is 10.1. The minimum atomic E-state index is -0.580. The van der Waals surface area contributed by atoms with Gasteiger partial charge in [0, 0.05) is 85.9 Å². The molecule has 4 saturated heterocycles. The highest BCUT2D eigenvalue weighted by Crippen LogP contribution is 2.33. The van der Waals surface area contributed by atoms with Crippen LogP contribution in [-0.4, -0.2) is 119 Å². The summed E-state index contributed by atoms with van der Waals surface area (Å²) in [6.07, 6.45) is 15.2. The lowest BCUT2D eigenvalue weighted by Crippen LogP contribution is -2.50. The molecule has 0 amide bonds. The van der Waals surface area contributed by atoms with Crippen LogP contribution in [-0.2, 0) is 0 Å². The Morgan fingerprint density at radius 3 is 0.986 bits per heavy atom. The summed E-state index contributed by atoms with van der Waals surface area (Å²) in [5.41, 5.74) is 7.40. The van der Waals surface area contributed by atoms with E-state index in [0.29, 0.717) is 67.5 Å². The molecule has 4 aromatic rings. The Kier molecular flexibility index (Phi) is 21.1. The summed E-state index contributed by atoms with van der Waals surface area (Å²) < 4.78 is 0. The van der Waals surface area contributed by atoms with Crippen molar-refractivity contribution in [2.24, 2.45) is 0 Å². The molecule has 0 spiro atoms. The number of aliphatic hydroxyl groups is 4. The van der Waals surface area contributed by atoms with Crippen molar-refractivity contribution < 1.29 is 20.4 Å². The van der Waals surface area contributed by atoms with E-state index in [1.54, 1.807) is 0 Å². The molecule has 12 heteroatoms. The molecule has 4 N–H and O–H groups in total. The van der Waals surface area contributed by atoms with Crippen molar-refractivity contribution in [1.82, 2.24) is 24.8 Å². The predicted molar refractivity (Wildman–Crippen MR) is 299 cm³/mol. The molecule has 8 rings (SSSR count). The van der Waals surface area contributed by atoms with E-state index < -0.39 is 16.8 Å². The lowest BCUT2D eigenvalue weighted by Gasteiger charge is -2.42. The van der Waals surface area contributed by atoms with Gasteiger partial charge in [-0.1, -0.05) is 61.5 Å². The van der Waals surface area contributed by atoms with Crippen molar-refractivity contribution in [2.75, 3.05) is 47.4 Å². The Labute approximate surface area is 435 Å². The van der Waals surface area contributed by atoms with Gasteiger partial charge in [0.2, 0.25) is 0 Å². The molecule has 0 aromatic carbocycles. The zero-order chi connectivity index (χ0) is 53.1. The minimum Gasteiger partial charge on any atom is -0.393 e. The molecule has 400 valence electrons. The number of rotatable bonds is 9. The van der Waals surface area contributed by atoms with Gasteiger partial charge in [0.15, 0.2) is 0 Å². The second-order valence-corrected chi connectivity index (χ2v) is 23.9. The highest BCUT2D eigenvalue weighted by atomic mass is 16.3. The van der Waals surface area contributed by atoms with Crippen LogP contribution in [0.2, 0.25) is 0 Å². The number of anilines is 3. The zero-order valence-electron chi connectivity index (χ0n) is 47.2. The third kappa shape index (κ3) is 17.2. The summed E-state index contributed by atoms with van der Waals surface area (Å²) >= 11 is 0. The molecule has 4 fully saturated rings. The highest BCUT2D eigenvalue weighted by Gasteiger charge is 2.35. The van der Waals surface area contributed by atoms with E-state index in [4.69, 9.17) is 0 Å². The molecule has 0 aliphatic carbocycles. The van der Waals surface area contributed by atoms with Gasteiger partial charge in [0.25, 0.3) is 0 Å². The Bertz CT molecular complexity index is 2000. The first-order valence-electron chi connectivity index (χ1n) is 27.5. The molecule has 8 heterocycles. The number of aromatic nitrogens is 4. The Hall–Kier alpha value is -4.20. The van der Waals surface area contributed by atoms with Crippen molar-refractivity contribution in [2.45, 2.75) is 226 Å². The fraction of sp³-hybridized carbons (Fsp3) is 0.667. The highest BCUT2D eigenvalue weighted by molar-refractivity contribution is 5.49. The van der Waals surface area contributed by atoms with E-state index in [-0.39, 0.29) is 6.10 Å². The monoisotopic (exact) mass is 993 g/mol. The number of hydrogen-bond donors (Lipinski definition) is 4. The van der Waals surface area contributed by atoms with Crippen molar-refractivity contribution >= 4 is 17.1 Å². The topological polar surface area (TPSA) is 145 Å². The molecule has 72 heavy (non-hydrogen) atoms. The van der Waals surface area contributed by atoms with Gasteiger partial charge in [-0.05, 0) is 172 Å². The van der Waals surface area contributed by atoms with E-state index in [1.807, 2.05) is 45.6 Å². The number of likely N-dealkylation sites (tertiary alicyclic amines) is 1. The summed E-state index contributed by atoms with van der Waals surface area (Å²) in [7, 11) is 0. The van der Waals surface area contributed by atoms with Gasteiger partial charge in [-0.25, -0.2) is 0 Å². The van der Waals surface area contributed by atoms with Crippen LogP contribution in [0.1, 0.15) is 213 Å². The van der Waals surface area contributed by atoms with Gasteiger partial charge < -0.3 is 35.1 Å². The molecule has 0 radical (unpaired) electrons. The van der Waals surface area contributed by atoms with Gasteiger partial charge in [0.05, 0.1) is 58.6 Å². The van der Waals surface area contributed by atoms with E-state index >= 15 is 0 Å². The molecule has 4 aliphatic rings. The Morgan fingerprint density at radius 1 is 0.444 bits per heavy atom. The average Bonchev–Trinajstić information content (AvgIpc) is 3.34. The number of β-amino-alcohol motifs (C(OH)–C–C–N with tert-alkyl or cyclic N) is 3. The van der Waals surface area contributed by atoms with Crippen LogP contribution in [0, 0.1) is 0 Å². The first-order valence-corrected chi connectivity index (χ1v) is 27.5. The first kappa shape index (κ1) is 58.7. The van der Waals surface area contributed by atoms with Crippen LogP contribution in [0.5, 0.6) is 0 Å². The summed E-state index contributed by atoms with van der Waals surface area (Å²) in [4.78, 5) is 27.3. The molecule has 4 aliphatic heterocycles. The summed E-state index contributed by atoms with van der Waals surface area (Å²) in [6, 6.07) is 18.8. The number of piperidine rings is 4. The van der Waals surface area contributed by atoms with Crippen LogP contribution >= 0.6 is 0 Å².